The molecule has 2 rings (SSSR count). The molecule has 1 N–H and O–H groups in total. The van der Waals surface area contributed by atoms with Crippen molar-refractivity contribution >= 4 is 0 Å². The Morgan fingerprint density at radius 2 is 2.19 bits per heavy atom. The van der Waals surface area contributed by atoms with Crippen LogP contribution in [-0.4, -0.2) is 18.6 Å². The van der Waals surface area contributed by atoms with Gasteiger partial charge in [0, 0.05) is 12.2 Å². The van der Waals surface area contributed by atoms with E-state index in [1.807, 2.05) is 6.20 Å². The Morgan fingerprint density at radius 3 is 2.86 bits per heavy atom. The molecule has 118 valence electrons. The predicted molar refractivity (Wildman–Crippen MR) is 87.6 cm³/mol. The van der Waals surface area contributed by atoms with Crippen LogP contribution in [-0.2, 0) is 0 Å². The number of aromatic nitrogens is 1. The molecule has 2 unspecified atom stereocenters. The lowest BCUT2D eigenvalue weighted by Gasteiger charge is -2.43. The van der Waals surface area contributed by atoms with Crippen LogP contribution in [0.1, 0.15) is 64.5 Å². The van der Waals surface area contributed by atoms with E-state index in [0.29, 0.717) is 17.4 Å². The zero-order valence-corrected chi connectivity index (χ0v) is 14.0. The van der Waals surface area contributed by atoms with Gasteiger partial charge in [-0.25, -0.2) is 0 Å². The van der Waals surface area contributed by atoms with Crippen LogP contribution >= 0.6 is 0 Å². The van der Waals surface area contributed by atoms with Crippen LogP contribution in [0.3, 0.4) is 0 Å². The molecule has 1 aliphatic rings. The van der Waals surface area contributed by atoms with Gasteiger partial charge in [-0.3, -0.25) is 4.98 Å². The molecular weight excluding hydrogens is 260 g/mol. The quantitative estimate of drug-likeness (QED) is 0.846. The second-order valence-corrected chi connectivity index (χ2v) is 6.93. The first-order valence-corrected chi connectivity index (χ1v) is 8.31. The highest BCUT2D eigenvalue weighted by Gasteiger charge is 2.38. The van der Waals surface area contributed by atoms with Crippen molar-refractivity contribution in [3.05, 3.63) is 24.0 Å². The van der Waals surface area contributed by atoms with Crippen molar-refractivity contribution in [2.24, 2.45) is 11.3 Å². The lowest BCUT2D eigenvalue weighted by atomic mass is 9.65. The van der Waals surface area contributed by atoms with E-state index in [1.165, 1.54) is 31.2 Å². The molecule has 3 nitrogen and oxygen atoms in total. The molecule has 1 fully saturated rings. The van der Waals surface area contributed by atoms with Crippen molar-refractivity contribution in [2.45, 2.75) is 58.9 Å². The lowest BCUT2D eigenvalue weighted by Crippen LogP contribution is -2.39. The van der Waals surface area contributed by atoms with Crippen molar-refractivity contribution in [1.29, 1.82) is 0 Å². The zero-order chi connectivity index (χ0) is 15.3. The number of ether oxygens (including phenoxy) is 1. The summed E-state index contributed by atoms with van der Waals surface area (Å²) in [5.41, 5.74) is 1.65. The van der Waals surface area contributed by atoms with Gasteiger partial charge in [-0.1, -0.05) is 33.6 Å². The standard InChI is InChI=1S/C18H30N2O/c1-5-10-20-17(14-11-15(21-4)13-19-12-14)16-8-6-7-9-18(16,2)3/h11-13,16-17,20H,5-10H2,1-4H3. The maximum absolute atomic E-state index is 5.36. The van der Waals surface area contributed by atoms with Crippen molar-refractivity contribution in [1.82, 2.24) is 10.3 Å². The average molecular weight is 290 g/mol. The van der Waals surface area contributed by atoms with E-state index in [-0.39, 0.29) is 0 Å². The van der Waals surface area contributed by atoms with E-state index < -0.39 is 0 Å². The molecule has 21 heavy (non-hydrogen) atoms. The first-order valence-electron chi connectivity index (χ1n) is 8.31. The molecular formula is C18H30N2O. The van der Waals surface area contributed by atoms with E-state index in [1.54, 1.807) is 13.3 Å². The minimum absolute atomic E-state index is 0.378. The summed E-state index contributed by atoms with van der Waals surface area (Å²) < 4.78 is 5.36. The number of rotatable bonds is 6. The largest absolute Gasteiger partial charge is 0.495 e. The number of methoxy groups -OCH3 is 1. The molecule has 0 bridgehead atoms. The van der Waals surface area contributed by atoms with Gasteiger partial charge in [0.05, 0.1) is 13.3 Å². The van der Waals surface area contributed by atoms with E-state index in [0.717, 1.165) is 18.7 Å². The van der Waals surface area contributed by atoms with Gasteiger partial charge < -0.3 is 10.1 Å². The number of nitrogens with zero attached hydrogens (tertiary/aromatic N) is 1. The van der Waals surface area contributed by atoms with Crippen LogP contribution in [0.5, 0.6) is 5.75 Å². The van der Waals surface area contributed by atoms with Gasteiger partial charge in [0.15, 0.2) is 0 Å². The molecule has 0 spiro atoms. The van der Waals surface area contributed by atoms with Crippen molar-refractivity contribution in [3.63, 3.8) is 0 Å². The van der Waals surface area contributed by atoms with Crippen LogP contribution in [0.25, 0.3) is 0 Å². The Morgan fingerprint density at radius 1 is 1.38 bits per heavy atom. The third kappa shape index (κ3) is 3.97. The van der Waals surface area contributed by atoms with E-state index in [2.05, 4.69) is 37.1 Å². The summed E-state index contributed by atoms with van der Waals surface area (Å²) >= 11 is 0. The molecule has 0 aliphatic heterocycles. The number of hydrogen-bond acceptors (Lipinski definition) is 3. The lowest BCUT2D eigenvalue weighted by molar-refractivity contribution is 0.0979. The Labute approximate surface area is 129 Å². The third-order valence-electron chi connectivity index (χ3n) is 4.94. The van der Waals surface area contributed by atoms with Gasteiger partial charge in [0.1, 0.15) is 5.75 Å². The van der Waals surface area contributed by atoms with Gasteiger partial charge in [-0.15, -0.1) is 0 Å². The topological polar surface area (TPSA) is 34.2 Å². The molecule has 1 aromatic heterocycles. The zero-order valence-electron chi connectivity index (χ0n) is 14.0. The van der Waals surface area contributed by atoms with E-state index in [9.17, 15) is 0 Å². The van der Waals surface area contributed by atoms with Crippen molar-refractivity contribution < 1.29 is 4.74 Å². The van der Waals surface area contributed by atoms with Crippen LogP contribution in [0, 0.1) is 11.3 Å². The summed E-state index contributed by atoms with van der Waals surface area (Å²) in [6, 6.07) is 2.52. The number of nitrogens with one attached hydrogen (secondary N) is 1. The van der Waals surface area contributed by atoms with Gasteiger partial charge in [-0.05, 0) is 48.8 Å². The van der Waals surface area contributed by atoms with Crippen molar-refractivity contribution in [3.8, 4) is 5.75 Å². The van der Waals surface area contributed by atoms with Crippen LogP contribution in [0.15, 0.2) is 18.5 Å². The fourth-order valence-corrected chi connectivity index (χ4v) is 3.65. The maximum Gasteiger partial charge on any atom is 0.137 e. The second kappa shape index (κ2) is 7.26. The van der Waals surface area contributed by atoms with Crippen LogP contribution in [0.2, 0.25) is 0 Å². The molecule has 0 amide bonds. The van der Waals surface area contributed by atoms with E-state index in [4.69, 9.17) is 4.74 Å². The fourth-order valence-electron chi connectivity index (χ4n) is 3.65. The number of pyridine rings is 1. The summed E-state index contributed by atoms with van der Waals surface area (Å²) in [7, 11) is 1.71. The Balaban J connectivity index is 2.28. The monoisotopic (exact) mass is 290 g/mol. The molecule has 1 aliphatic carbocycles. The highest BCUT2D eigenvalue weighted by molar-refractivity contribution is 5.27. The third-order valence-corrected chi connectivity index (χ3v) is 4.94. The highest BCUT2D eigenvalue weighted by Crippen LogP contribution is 2.46. The Kier molecular flexibility index (Phi) is 5.63. The van der Waals surface area contributed by atoms with Gasteiger partial charge in [0.25, 0.3) is 0 Å². The minimum atomic E-state index is 0.378. The molecule has 1 heterocycles. The predicted octanol–water partition coefficient (Wildman–Crippen LogP) is 4.35. The molecule has 1 saturated carbocycles. The minimum Gasteiger partial charge on any atom is -0.495 e. The summed E-state index contributed by atoms with van der Waals surface area (Å²) in [5, 5.41) is 3.77. The Bertz CT molecular complexity index is 445. The first kappa shape index (κ1) is 16.3. The molecule has 0 aromatic carbocycles. The Hall–Kier alpha value is -1.09. The first-order chi connectivity index (χ1) is 10.1. The average Bonchev–Trinajstić information content (AvgIpc) is 2.49. The summed E-state index contributed by atoms with van der Waals surface area (Å²) in [4.78, 5) is 4.36. The van der Waals surface area contributed by atoms with Gasteiger partial charge in [0.2, 0.25) is 0 Å². The summed E-state index contributed by atoms with van der Waals surface area (Å²) in [5.74, 6) is 1.51. The van der Waals surface area contributed by atoms with Crippen molar-refractivity contribution in [2.75, 3.05) is 13.7 Å². The highest BCUT2D eigenvalue weighted by atomic mass is 16.5. The van der Waals surface area contributed by atoms with Crippen LogP contribution < -0.4 is 10.1 Å². The fraction of sp³-hybridized carbons (Fsp3) is 0.722. The summed E-state index contributed by atoms with van der Waals surface area (Å²) in [6.07, 6.45) is 10.3. The maximum atomic E-state index is 5.36. The number of hydrogen-bond donors (Lipinski definition) is 1. The second-order valence-electron chi connectivity index (χ2n) is 6.93. The normalized spacial score (nSPS) is 22.8. The van der Waals surface area contributed by atoms with Gasteiger partial charge >= 0.3 is 0 Å². The smallest absolute Gasteiger partial charge is 0.137 e. The SMILES string of the molecule is CCCNC(c1cncc(OC)c1)C1CCCCC1(C)C. The molecule has 2 atom stereocenters. The summed E-state index contributed by atoms with van der Waals surface area (Å²) in [6.45, 7) is 8.12. The molecule has 0 saturated heterocycles. The van der Waals surface area contributed by atoms with Crippen LogP contribution in [0.4, 0.5) is 0 Å². The molecule has 0 radical (unpaired) electrons. The molecule has 1 aromatic rings. The van der Waals surface area contributed by atoms with Gasteiger partial charge in [-0.2, -0.15) is 0 Å². The molecule has 3 heteroatoms. The van der Waals surface area contributed by atoms with E-state index >= 15 is 0 Å².